The summed E-state index contributed by atoms with van der Waals surface area (Å²) in [5.41, 5.74) is 5.58. The zero-order valence-electron chi connectivity index (χ0n) is 23.1. The number of thiophene rings is 1. The molecule has 0 spiro atoms. The topological polar surface area (TPSA) is 43.9 Å². The van der Waals surface area contributed by atoms with Crippen LogP contribution >= 0.6 is 22.9 Å². The minimum absolute atomic E-state index is 0.145. The quantitative estimate of drug-likeness (QED) is 0.185. The van der Waals surface area contributed by atoms with E-state index in [2.05, 4.69) is 113 Å². The number of hydrogen-bond donors (Lipinski definition) is 0. The molecule has 0 saturated carbocycles. The smallest absolute Gasteiger partial charge is 0.233 e. The Morgan fingerprint density at radius 2 is 1.32 bits per heavy atom. The van der Waals surface area contributed by atoms with Crippen molar-refractivity contribution in [3.8, 4) is 16.9 Å². The van der Waals surface area contributed by atoms with Gasteiger partial charge >= 0.3 is 0 Å². The standard InChI is InChI=1S/C38H20ClN3OS/c39-38-40-36(33-26-19-18-22(21-10-2-1-3-11-21)20-29(26)43-37(33)41-38)42-28-16-8-6-14-25(28)31-32-27-15-7-9-17-30(27)44-35(32)24-13-5-4-12-23(24)34(31)42/h1-20H. The maximum absolute atomic E-state index is 6.68. The van der Waals surface area contributed by atoms with Gasteiger partial charge < -0.3 is 4.42 Å². The molecule has 206 valence electrons. The first-order valence-electron chi connectivity index (χ1n) is 14.5. The number of benzene rings is 6. The highest BCUT2D eigenvalue weighted by molar-refractivity contribution is 7.27. The molecule has 0 amide bonds. The first kappa shape index (κ1) is 24.2. The van der Waals surface area contributed by atoms with Gasteiger partial charge in [-0.1, -0.05) is 97.1 Å². The highest BCUT2D eigenvalue weighted by Crippen LogP contribution is 2.48. The predicted octanol–water partition coefficient (Wildman–Crippen LogP) is 11.3. The number of para-hydroxylation sites is 1. The molecule has 44 heavy (non-hydrogen) atoms. The third-order valence-electron chi connectivity index (χ3n) is 8.75. The SMILES string of the molecule is Clc1nc(-n2c3ccccc3c3c4c5ccccc5sc4c4ccccc4c32)c2c(n1)oc1cc(-c3ccccc3)ccc12. The molecule has 0 atom stereocenters. The third-order valence-corrected chi connectivity index (χ3v) is 10.1. The first-order chi connectivity index (χ1) is 21.7. The van der Waals surface area contributed by atoms with Crippen molar-refractivity contribution in [2.24, 2.45) is 0 Å². The minimum Gasteiger partial charge on any atom is -0.437 e. The monoisotopic (exact) mass is 601 g/mol. The summed E-state index contributed by atoms with van der Waals surface area (Å²) in [5.74, 6) is 0.710. The molecule has 4 heterocycles. The van der Waals surface area contributed by atoms with E-state index in [0.29, 0.717) is 11.5 Å². The van der Waals surface area contributed by atoms with Gasteiger partial charge in [0, 0.05) is 47.1 Å². The molecular formula is C38H20ClN3OS. The van der Waals surface area contributed by atoms with E-state index in [9.17, 15) is 0 Å². The Balaban J connectivity index is 1.41. The lowest BCUT2D eigenvalue weighted by molar-refractivity contribution is 0.652. The summed E-state index contributed by atoms with van der Waals surface area (Å²) < 4.78 is 11.3. The predicted molar refractivity (Wildman–Crippen MR) is 184 cm³/mol. The normalized spacial score (nSPS) is 12.2. The van der Waals surface area contributed by atoms with Crippen molar-refractivity contribution in [3.05, 3.63) is 127 Å². The fourth-order valence-electron chi connectivity index (χ4n) is 6.94. The first-order valence-corrected chi connectivity index (χ1v) is 15.6. The van der Waals surface area contributed by atoms with Crippen LogP contribution in [0.5, 0.6) is 0 Å². The Morgan fingerprint density at radius 1 is 0.591 bits per heavy atom. The van der Waals surface area contributed by atoms with Gasteiger partial charge in [0.2, 0.25) is 11.0 Å². The van der Waals surface area contributed by atoms with Crippen LogP contribution in [0.1, 0.15) is 0 Å². The second-order valence-corrected chi connectivity index (χ2v) is 12.5. The molecule has 0 unspecified atom stereocenters. The number of halogens is 1. The minimum atomic E-state index is 0.145. The van der Waals surface area contributed by atoms with E-state index in [1.54, 1.807) is 0 Å². The average molecular weight is 602 g/mol. The molecular weight excluding hydrogens is 582 g/mol. The van der Waals surface area contributed by atoms with Crippen LogP contribution in [0.3, 0.4) is 0 Å². The number of aromatic nitrogens is 3. The summed E-state index contributed by atoms with van der Waals surface area (Å²) in [4.78, 5) is 9.51. The lowest BCUT2D eigenvalue weighted by Crippen LogP contribution is -2.00. The zero-order chi connectivity index (χ0) is 28.9. The van der Waals surface area contributed by atoms with Crippen LogP contribution in [0.2, 0.25) is 5.28 Å². The molecule has 0 aliphatic rings. The molecule has 0 N–H and O–H groups in total. The van der Waals surface area contributed by atoms with Crippen LogP contribution in [-0.4, -0.2) is 14.5 Å². The fraction of sp³-hybridized carbons (Fsp3) is 0. The van der Waals surface area contributed by atoms with Crippen LogP contribution in [0, 0.1) is 0 Å². The summed E-state index contributed by atoms with van der Waals surface area (Å²) in [7, 11) is 0. The van der Waals surface area contributed by atoms with E-state index in [-0.39, 0.29) is 5.28 Å². The molecule has 0 radical (unpaired) electrons. The van der Waals surface area contributed by atoms with E-state index in [0.717, 1.165) is 38.5 Å². The molecule has 10 rings (SSSR count). The Bertz CT molecular complexity index is 2790. The molecule has 0 saturated heterocycles. The van der Waals surface area contributed by atoms with Gasteiger partial charge in [-0.2, -0.15) is 9.97 Å². The highest BCUT2D eigenvalue weighted by Gasteiger charge is 2.25. The van der Waals surface area contributed by atoms with E-state index >= 15 is 0 Å². The highest BCUT2D eigenvalue weighted by atomic mass is 35.5. The van der Waals surface area contributed by atoms with Gasteiger partial charge in [0.1, 0.15) is 5.58 Å². The van der Waals surface area contributed by atoms with E-state index < -0.39 is 0 Å². The molecule has 0 fully saturated rings. The van der Waals surface area contributed by atoms with Crippen molar-refractivity contribution in [2.75, 3.05) is 0 Å². The Morgan fingerprint density at radius 3 is 2.18 bits per heavy atom. The number of nitrogens with zero attached hydrogens (tertiary/aromatic N) is 3. The van der Waals surface area contributed by atoms with E-state index in [1.165, 1.54) is 41.7 Å². The van der Waals surface area contributed by atoms with Crippen LogP contribution in [0.15, 0.2) is 126 Å². The Labute approximate surface area is 259 Å². The Kier molecular flexibility index (Phi) is 4.90. The van der Waals surface area contributed by atoms with Crippen LogP contribution in [0.25, 0.3) is 91.8 Å². The average Bonchev–Trinajstić information content (AvgIpc) is 3.74. The number of fused-ring (bicyclic) bond motifs is 13. The van der Waals surface area contributed by atoms with Crippen LogP contribution < -0.4 is 0 Å². The van der Waals surface area contributed by atoms with Gasteiger partial charge in [-0.05, 0) is 47.0 Å². The van der Waals surface area contributed by atoms with Crippen molar-refractivity contribution in [1.82, 2.24) is 14.5 Å². The maximum atomic E-state index is 6.68. The van der Waals surface area contributed by atoms with Gasteiger partial charge in [-0.25, -0.2) is 0 Å². The second-order valence-electron chi connectivity index (χ2n) is 11.1. The molecule has 4 nitrogen and oxygen atoms in total. The third kappa shape index (κ3) is 3.23. The van der Waals surface area contributed by atoms with Crippen molar-refractivity contribution >= 4 is 97.8 Å². The summed E-state index contributed by atoms with van der Waals surface area (Å²) >= 11 is 8.53. The van der Waals surface area contributed by atoms with Crippen molar-refractivity contribution in [2.45, 2.75) is 0 Å². The zero-order valence-corrected chi connectivity index (χ0v) is 24.7. The summed E-state index contributed by atoms with van der Waals surface area (Å²) in [6.45, 7) is 0. The van der Waals surface area contributed by atoms with Gasteiger partial charge in [-0.15, -0.1) is 11.3 Å². The van der Waals surface area contributed by atoms with Gasteiger partial charge in [0.25, 0.3) is 0 Å². The lowest BCUT2D eigenvalue weighted by atomic mass is 10.00. The molecule has 10 aromatic rings. The van der Waals surface area contributed by atoms with Crippen LogP contribution in [0.4, 0.5) is 0 Å². The fourth-order valence-corrected chi connectivity index (χ4v) is 8.35. The Hall–Kier alpha value is -5.23. The van der Waals surface area contributed by atoms with Gasteiger partial charge in [-0.3, -0.25) is 4.57 Å². The van der Waals surface area contributed by atoms with Gasteiger partial charge in [0.05, 0.1) is 16.4 Å². The maximum Gasteiger partial charge on any atom is 0.233 e. The van der Waals surface area contributed by atoms with Gasteiger partial charge in [0.15, 0.2) is 5.82 Å². The molecule has 6 heteroatoms. The van der Waals surface area contributed by atoms with E-state index in [4.69, 9.17) is 21.0 Å². The number of furan rings is 1. The van der Waals surface area contributed by atoms with Crippen molar-refractivity contribution in [3.63, 3.8) is 0 Å². The number of rotatable bonds is 2. The summed E-state index contributed by atoms with van der Waals surface area (Å²) in [6.07, 6.45) is 0. The summed E-state index contributed by atoms with van der Waals surface area (Å²) in [6, 6.07) is 42.6. The molecule has 0 aliphatic heterocycles. The summed E-state index contributed by atoms with van der Waals surface area (Å²) in [5, 5.41) is 9.25. The molecule has 0 bridgehead atoms. The molecule has 6 aromatic carbocycles. The van der Waals surface area contributed by atoms with E-state index in [1.807, 2.05) is 29.5 Å². The molecule has 4 aromatic heterocycles. The van der Waals surface area contributed by atoms with Crippen molar-refractivity contribution in [1.29, 1.82) is 0 Å². The van der Waals surface area contributed by atoms with Crippen molar-refractivity contribution < 1.29 is 4.42 Å². The lowest BCUT2D eigenvalue weighted by Gasteiger charge is -2.11. The second kappa shape index (κ2) is 8.89. The molecule has 0 aliphatic carbocycles. The number of hydrogen-bond acceptors (Lipinski definition) is 4. The largest absolute Gasteiger partial charge is 0.437 e. The van der Waals surface area contributed by atoms with Crippen LogP contribution in [-0.2, 0) is 0 Å².